The fourth-order valence-electron chi connectivity index (χ4n) is 2.80. The molecule has 2 aromatic carbocycles. The molecule has 4 rings (SSSR count). The Hall–Kier alpha value is -3.33. The largest absolute Gasteiger partial charge is 0.497 e. The highest BCUT2D eigenvalue weighted by Gasteiger charge is 2.13. The lowest BCUT2D eigenvalue weighted by atomic mass is 10.2. The fraction of sp³-hybridized carbons (Fsp3) is 0.158. The number of aromatic nitrogens is 5. The van der Waals surface area contributed by atoms with Gasteiger partial charge in [-0.15, -0.1) is 10.2 Å². The Bertz CT molecular complexity index is 1170. The van der Waals surface area contributed by atoms with Crippen molar-refractivity contribution in [1.29, 1.82) is 0 Å². The van der Waals surface area contributed by atoms with Gasteiger partial charge in [-0.05, 0) is 36.4 Å². The van der Waals surface area contributed by atoms with Crippen molar-refractivity contribution in [1.82, 2.24) is 24.8 Å². The molecule has 0 saturated carbocycles. The van der Waals surface area contributed by atoms with Crippen LogP contribution in [0, 0.1) is 0 Å². The molecule has 0 fully saturated rings. The van der Waals surface area contributed by atoms with E-state index in [0.29, 0.717) is 39.9 Å². The van der Waals surface area contributed by atoms with Gasteiger partial charge in [0.15, 0.2) is 5.82 Å². The van der Waals surface area contributed by atoms with Gasteiger partial charge in [0.25, 0.3) is 5.56 Å². The Morgan fingerprint density at radius 1 is 1.14 bits per heavy atom. The highest BCUT2D eigenvalue weighted by molar-refractivity contribution is 7.99. The summed E-state index contributed by atoms with van der Waals surface area (Å²) in [5, 5.41) is 9.52. The first-order valence-electron chi connectivity index (χ1n) is 8.61. The number of aromatic amines is 1. The van der Waals surface area contributed by atoms with Crippen LogP contribution in [0.5, 0.6) is 5.75 Å². The third-order valence-electron chi connectivity index (χ3n) is 4.24. The molecule has 8 nitrogen and oxygen atoms in total. The van der Waals surface area contributed by atoms with Crippen molar-refractivity contribution in [2.75, 3.05) is 18.7 Å². The molecule has 28 heavy (non-hydrogen) atoms. The lowest BCUT2D eigenvalue weighted by Crippen LogP contribution is -2.13. The number of hydrogen-bond acceptors (Lipinski definition) is 7. The molecule has 0 unspecified atom stereocenters. The van der Waals surface area contributed by atoms with E-state index in [1.165, 1.54) is 16.4 Å². The van der Waals surface area contributed by atoms with Crippen molar-refractivity contribution in [3.8, 4) is 17.1 Å². The smallest absolute Gasteiger partial charge is 0.258 e. The first-order chi connectivity index (χ1) is 13.7. The number of H-pyrrole nitrogens is 1. The number of aryl methyl sites for hydroxylation is 1. The summed E-state index contributed by atoms with van der Waals surface area (Å²) in [5.74, 6) is 8.77. The second kappa shape index (κ2) is 7.73. The van der Waals surface area contributed by atoms with Crippen LogP contribution in [0.1, 0.15) is 5.82 Å². The van der Waals surface area contributed by atoms with Crippen LogP contribution in [0.15, 0.2) is 58.5 Å². The average molecular weight is 394 g/mol. The molecule has 0 saturated heterocycles. The SMILES string of the molecule is COc1ccc(-c2nnc(SCCc3nc4ccccc4c(=O)[nH]3)n2N)cc1. The fourth-order valence-corrected chi connectivity index (χ4v) is 3.61. The van der Waals surface area contributed by atoms with Gasteiger partial charge in [0.1, 0.15) is 11.6 Å². The number of benzene rings is 2. The third-order valence-corrected chi connectivity index (χ3v) is 5.19. The molecule has 2 aromatic heterocycles. The molecule has 0 aliphatic rings. The van der Waals surface area contributed by atoms with E-state index < -0.39 is 0 Å². The van der Waals surface area contributed by atoms with Gasteiger partial charge in [-0.3, -0.25) is 4.79 Å². The summed E-state index contributed by atoms with van der Waals surface area (Å²) in [7, 11) is 1.62. The lowest BCUT2D eigenvalue weighted by molar-refractivity contribution is 0.415. The summed E-state index contributed by atoms with van der Waals surface area (Å²) in [6, 6.07) is 14.7. The topological polar surface area (TPSA) is 112 Å². The van der Waals surface area contributed by atoms with Gasteiger partial charge in [0, 0.05) is 17.7 Å². The lowest BCUT2D eigenvalue weighted by Gasteiger charge is -2.05. The average Bonchev–Trinajstić information content (AvgIpc) is 3.09. The van der Waals surface area contributed by atoms with Gasteiger partial charge in [-0.1, -0.05) is 23.9 Å². The molecule has 0 aliphatic carbocycles. The van der Waals surface area contributed by atoms with Gasteiger partial charge < -0.3 is 15.6 Å². The number of ether oxygens (including phenoxy) is 1. The van der Waals surface area contributed by atoms with Crippen molar-refractivity contribution < 1.29 is 4.74 Å². The Morgan fingerprint density at radius 2 is 1.93 bits per heavy atom. The maximum absolute atomic E-state index is 12.1. The van der Waals surface area contributed by atoms with E-state index in [1.54, 1.807) is 13.2 Å². The van der Waals surface area contributed by atoms with Crippen LogP contribution in [-0.4, -0.2) is 37.7 Å². The van der Waals surface area contributed by atoms with Crippen molar-refractivity contribution in [2.45, 2.75) is 11.6 Å². The first kappa shape index (κ1) is 18.1. The predicted octanol–water partition coefficient (Wildman–Crippen LogP) is 2.24. The minimum absolute atomic E-state index is 0.130. The molecule has 0 amide bonds. The number of para-hydroxylation sites is 1. The molecule has 0 aliphatic heterocycles. The first-order valence-corrected chi connectivity index (χ1v) is 9.60. The van der Waals surface area contributed by atoms with E-state index in [2.05, 4.69) is 20.2 Å². The monoisotopic (exact) mass is 394 g/mol. The van der Waals surface area contributed by atoms with Gasteiger partial charge >= 0.3 is 0 Å². The van der Waals surface area contributed by atoms with Crippen LogP contribution in [0.3, 0.4) is 0 Å². The molecular weight excluding hydrogens is 376 g/mol. The van der Waals surface area contributed by atoms with Crippen LogP contribution in [0.4, 0.5) is 0 Å². The minimum atomic E-state index is -0.130. The van der Waals surface area contributed by atoms with Gasteiger partial charge in [-0.2, -0.15) is 0 Å². The van der Waals surface area contributed by atoms with E-state index in [-0.39, 0.29) is 5.56 Å². The zero-order chi connectivity index (χ0) is 19.5. The van der Waals surface area contributed by atoms with Crippen molar-refractivity contribution in [3.05, 3.63) is 64.7 Å². The molecular formula is C19H18N6O2S. The third kappa shape index (κ3) is 3.56. The molecule has 9 heteroatoms. The second-order valence-corrected chi connectivity index (χ2v) is 7.09. The van der Waals surface area contributed by atoms with Crippen molar-refractivity contribution in [2.24, 2.45) is 0 Å². The number of nitrogen functional groups attached to an aromatic ring is 1. The standard InChI is InChI=1S/C19H18N6O2S/c1-27-13-8-6-12(7-9-13)17-23-24-19(25(17)20)28-11-10-16-21-15-5-3-2-4-14(15)18(26)22-16/h2-9H,10-11,20H2,1H3,(H,21,22,26). The number of hydrogen-bond donors (Lipinski definition) is 2. The summed E-state index contributed by atoms with van der Waals surface area (Å²) in [6.07, 6.45) is 0.579. The molecule has 0 spiro atoms. The van der Waals surface area contributed by atoms with E-state index in [4.69, 9.17) is 10.6 Å². The Kier molecular flexibility index (Phi) is 4.98. The number of fused-ring (bicyclic) bond motifs is 1. The van der Waals surface area contributed by atoms with Crippen molar-refractivity contribution >= 4 is 22.7 Å². The Balaban J connectivity index is 1.46. The summed E-state index contributed by atoms with van der Waals surface area (Å²) in [4.78, 5) is 19.5. The van der Waals surface area contributed by atoms with E-state index >= 15 is 0 Å². The van der Waals surface area contributed by atoms with Crippen LogP contribution in [-0.2, 0) is 6.42 Å². The minimum Gasteiger partial charge on any atom is -0.497 e. The number of nitrogens with two attached hydrogens (primary N) is 1. The molecule has 4 aromatic rings. The summed E-state index contributed by atoms with van der Waals surface area (Å²) in [6.45, 7) is 0. The number of thioether (sulfide) groups is 1. The van der Waals surface area contributed by atoms with E-state index in [9.17, 15) is 4.79 Å². The molecule has 0 bridgehead atoms. The van der Waals surface area contributed by atoms with Crippen LogP contribution >= 0.6 is 11.8 Å². The molecule has 2 heterocycles. The predicted molar refractivity (Wildman–Crippen MR) is 109 cm³/mol. The zero-order valence-electron chi connectivity index (χ0n) is 15.1. The van der Waals surface area contributed by atoms with Crippen LogP contribution in [0.25, 0.3) is 22.3 Å². The Morgan fingerprint density at radius 3 is 2.71 bits per heavy atom. The number of nitrogens with one attached hydrogen (secondary N) is 1. The normalized spacial score (nSPS) is 11.0. The van der Waals surface area contributed by atoms with Gasteiger partial charge in [-0.25, -0.2) is 9.66 Å². The summed E-state index contributed by atoms with van der Waals surface area (Å²) >= 11 is 1.45. The maximum atomic E-state index is 12.1. The maximum Gasteiger partial charge on any atom is 0.258 e. The molecule has 3 N–H and O–H groups in total. The Labute approximate surface area is 164 Å². The molecule has 142 valence electrons. The summed E-state index contributed by atoms with van der Waals surface area (Å²) < 4.78 is 6.62. The highest BCUT2D eigenvalue weighted by atomic mass is 32.2. The second-order valence-electron chi connectivity index (χ2n) is 6.03. The van der Waals surface area contributed by atoms with Gasteiger partial charge in [0.05, 0.1) is 18.0 Å². The molecule has 0 atom stereocenters. The van der Waals surface area contributed by atoms with Gasteiger partial charge in [0.2, 0.25) is 5.16 Å². The quantitative estimate of drug-likeness (QED) is 0.381. The number of nitrogens with zero attached hydrogens (tertiary/aromatic N) is 4. The number of rotatable bonds is 6. The molecule has 0 radical (unpaired) electrons. The van der Waals surface area contributed by atoms with Crippen molar-refractivity contribution in [3.63, 3.8) is 0 Å². The number of methoxy groups -OCH3 is 1. The van der Waals surface area contributed by atoms with E-state index in [1.807, 2.05) is 42.5 Å². The van der Waals surface area contributed by atoms with Crippen LogP contribution in [0.2, 0.25) is 0 Å². The van der Waals surface area contributed by atoms with Crippen LogP contribution < -0.4 is 16.1 Å². The highest BCUT2D eigenvalue weighted by Crippen LogP contribution is 2.23. The van der Waals surface area contributed by atoms with E-state index in [0.717, 1.165) is 11.3 Å². The summed E-state index contributed by atoms with van der Waals surface area (Å²) in [5.41, 5.74) is 1.41. The zero-order valence-corrected chi connectivity index (χ0v) is 15.9.